The van der Waals surface area contributed by atoms with Crippen molar-refractivity contribution in [2.75, 3.05) is 19.7 Å². The molecule has 2 atom stereocenters. The van der Waals surface area contributed by atoms with Crippen LogP contribution in [0.3, 0.4) is 0 Å². The Kier molecular flexibility index (Phi) is 2.89. The maximum Gasteiger partial charge on any atom is 0.308 e. The number of carbonyl (C=O) groups excluding carboxylic acids is 1. The lowest BCUT2D eigenvalue weighted by molar-refractivity contribution is -0.141. The Morgan fingerprint density at radius 3 is 2.84 bits per heavy atom. The average molecular weight is 261 g/mol. The second-order valence-corrected chi connectivity index (χ2v) is 5.01. The first kappa shape index (κ1) is 12.0. The molecule has 1 amide bonds. The molecule has 1 saturated heterocycles. The van der Waals surface area contributed by atoms with Gasteiger partial charge in [0.2, 0.25) is 5.91 Å². The number of carboxylic acids is 1. The Labute approximate surface area is 110 Å². The molecule has 100 valence electrons. The monoisotopic (exact) mass is 261 g/mol. The van der Waals surface area contributed by atoms with Gasteiger partial charge in [-0.1, -0.05) is 18.2 Å². The standard InChI is InChI=1S/C14H15NO4/c16-13(15-6-5-9(7-15)14(17)18)11-8-19-12-4-2-1-3-10(11)12/h1-4,9,11H,5-8H2,(H,17,18)/t9-,11-/m1/s1. The molecule has 5 nitrogen and oxygen atoms in total. The van der Waals surface area contributed by atoms with Gasteiger partial charge in [0.05, 0.1) is 5.92 Å². The van der Waals surface area contributed by atoms with Crippen molar-refractivity contribution in [1.82, 2.24) is 4.90 Å². The number of fused-ring (bicyclic) bond motifs is 1. The summed E-state index contributed by atoms with van der Waals surface area (Å²) in [6, 6.07) is 7.52. The molecule has 1 aromatic carbocycles. The Balaban J connectivity index is 1.74. The van der Waals surface area contributed by atoms with Crippen molar-refractivity contribution in [2.24, 2.45) is 5.92 Å². The highest BCUT2D eigenvalue weighted by atomic mass is 16.5. The fourth-order valence-corrected chi connectivity index (χ4v) is 2.75. The van der Waals surface area contributed by atoms with Crippen molar-refractivity contribution in [2.45, 2.75) is 12.3 Å². The number of rotatable bonds is 2. The van der Waals surface area contributed by atoms with E-state index in [0.29, 0.717) is 26.1 Å². The van der Waals surface area contributed by atoms with Gasteiger partial charge >= 0.3 is 5.97 Å². The van der Waals surface area contributed by atoms with Crippen LogP contribution >= 0.6 is 0 Å². The third kappa shape index (κ3) is 2.05. The molecule has 2 aliphatic heterocycles. The molecule has 0 aromatic heterocycles. The Bertz CT molecular complexity index is 528. The van der Waals surface area contributed by atoms with Crippen LogP contribution in [0.4, 0.5) is 0 Å². The number of hydrogen-bond donors (Lipinski definition) is 1. The largest absolute Gasteiger partial charge is 0.492 e. The summed E-state index contributed by atoms with van der Waals surface area (Å²) in [6.45, 7) is 1.19. The molecule has 0 saturated carbocycles. The third-order valence-electron chi connectivity index (χ3n) is 3.85. The molecule has 3 rings (SSSR count). The maximum absolute atomic E-state index is 12.4. The predicted molar refractivity (Wildman–Crippen MR) is 67.0 cm³/mol. The highest BCUT2D eigenvalue weighted by Crippen LogP contribution is 2.35. The normalized spacial score (nSPS) is 24.9. The quantitative estimate of drug-likeness (QED) is 0.865. The summed E-state index contributed by atoms with van der Waals surface area (Å²) in [5.74, 6) is -0.799. The van der Waals surface area contributed by atoms with Crippen molar-refractivity contribution in [1.29, 1.82) is 0 Å². The highest BCUT2D eigenvalue weighted by Gasteiger charge is 2.37. The van der Waals surface area contributed by atoms with Gasteiger partial charge in [-0.25, -0.2) is 0 Å². The summed E-state index contributed by atoms with van der Waals surface area (Å²) in [6.07, 6.45) is 0.538. The van der Waals surface area contributed by atoms with E-state index in [1.54, 1.807) is 4.90 Å². The van der Waals surface area contributed by atoms with Gasteiger partial charge in [-0.05, 0) is 12.5 Å². The minimum absolute atomic E-state index is 0.0197. The number of amides is 1. The molecule has 0 bridgehead atoms. The van der Waals surface area contributed by atoms with Gasteiger partial charge in [-0.3, -0.25) is 9.59 Å². The number of ether oxygens (including phenoxy) is 1. The summed E-state index contributed by atoms with van der Waals surface area (Å²) in [4.78, 5) is 25.0. The zero-order chi connectivity index (χ0) is 13.4. The molecule has 0 spiro atoms. The molecule has 19 heavy (non-hydrogen) atoms. The molecule has 5 heteroatoms. The van der Waals surface area contributed by atoms with Crippen molar-refractivity contribution >= 4 is 11.9 Å². The molecular weight excluding hydrogens is 246 g/mol. The Morgan fingerprint density at radius 1 is 1.32 bits per heavy atom. The third-order valence-corrected chi connectivity index (χ3v) is 3.85. The van der Waals surface area contributed by atoms with E-state index in [-0.39, 0.29) is 11.8 Å². The fraction of sp³-hybridized carbons (Fsp3) is 0.429. The molecule has 2 heterocycles. The van der Waals surface area contributed by atoms with E-state index in [9.17, 15) is 9.59 Å². The van der Waals surface area contributed by atoms with Crippen LogP contribution < -0.4 is 4.74 Å². The number of hydrogen-bond acceptors (Lipinski definition) is 3. The number of likely N-dealkylation sites (tertiary alicyclic amines) is 1. The second-order valence-electron chi connectivity index (χ2n) is 5.01. The summed E-state index contributed by atoms with van der Waals surface area (Å²) in [7, 11) is 0. The van der Waals surface area contributed by atoms with Gasteiger partial charge in [-0.2, -0.15) is 0 Å². The van der Waals surface area contributed by atoms with Crippen LogP contribution in [-0.2, 0) is 9.59 Å². The van der Waals surface area contributed by atoms with Crippen LogP contribution in [0.2, 0.25) is 0 Å². The van der Waals surface area contributed by atoms with E-state index in [0.717, 1.165) is 11.3 Å². The number of benzene rings is 1. The number of carbonyl (C=O) groups is 2. The first-order chi connectivity index (χ1) is 9.16. The van der Waals surface area contributed by atoms with Gasteiger partial charge in [-0.15, -0.1) is 0 Å². The van der Waals surface area contributed by atoms with Crippen LogP contribution in [0.1, 0.15) is 17.9 Å². The molecule has 0 aliphatic carbocycles. The first-order valence-electron chi connectivity index (χ1n) is 6.40. The number of carboxylic acid groups (broad SMARTS) is 1. The van der Waals surface area contributed by atoms with Crippen LogP contribution in [0.15, 0.2) is 24.3 Å². The van der Waals surface area contributed by atoms with Crippen molar-refractivity contribution in [3.63, 3.8) is 0 Å². The Hall–Kier alpha value is -2.04. The van der Waals surface area contributed by atoms with Crippen molar-refractivity contribution < 1.29 is 19.4 Å². The van der Waals surface area contributed by atoms with Gasteiger partial charge in [0.15, 0.2) is 0 Å². The van der Waals surface area contributed by atoms with Crippen molar-refractivity contribution in [3.8, 4) is 5.75 Å². The maximum atomic E-state index is 12.4. The minimum Gasteiger partial charge on any atom is -0.492 e. The Morgan fingerprint density at radius 2 is 2.11 bits per heavy atom. The van der Waals surface area contributed by atoms with Gasteiger partial charge < -0.3 is 14.7 Å². The molecule has 1 fully saturated rings. The van der Waals surface area contributed by atoms with Gasteiger partial charge in [0.1, 0.15) is 18.3 Å². The SMILES string of the molecule is O=C(O)[C@@H]1CCN(C(=O)[C@@H]2COc3ccccc32)C1. The lowest BCUT2D eigenvalue weighted by Gasteiger charge is -2.19. The number of nitrogens with zero attached hydrogens (tertiary/aromatic N) is 1. The summed E-state index contributed by atoms with van der Waals surface area (Å²) in [5.41, 5.74) is 0.909. The van der Waals surface area contributed by atoms with E-state index >= 15 is 0 Å². The van der Waals surface area contributed by atoms with E-state index in [1.807, 2.05) is 24.3 Å². The lowest BCUT2D eigenvalue weighted by Crippen LogP contribution is -2.34. The molecule has 1 N–H and O–H groups in total. The zero-order valence-electron chi connectivity index (χ0n) is 10.4. The number of aliphatic carboxylic acids is 1. The summed E-state index contributed by atoms with van der Waals surface area (Å²) in [5, 5.41) is 8.97. The summed E-state index contributed by atoms with van der Waals surface area (Å²) >= 11 is 0. The topological polar surface area (TPSA) is 66.8 Å². The molecular formula is C14H15NO4. The van der Waals surface area contributed by atoms with Crippen LogP contribution in [-0.4, -0.2) is 41.6 Å². The van der Waals surface area contributed by atoms with Crippen molar-refractivity contribution in [3.05, 3.63) is 29.8 Å². The van der Waals surface area contributed by atoms with Gasteiger partial charge in [0, 0.05) is 18.7 Å². The van der Waals surface area contributed by atoms with Gasteiger partial charge in [0.25, 0.3) is 0 Å². The van der Waals surface area contributed by atoms with E-state index in [2.05, 4.69) is 0 Å². The smallest absolute Gasteiger partial charge is 0.308 e. The highest BCUT2D eigenvalue weighted by molar-refractivity contribution is 5.86. The van der Waals surface area contributed by atoms with Crippen LogP contribution in [0.25, 0.3) is 0 Å². The fourth-order valence-electron chi connectivity index (χ4n) is 2.75. The molecule has 2 aliphatic rings. The zero-order valence-corrected chi connectivity index (χ0v) is 10.4. The molecule has 0 unspecified atom stereocenters. The lowest BCUT2D eigenvalue weighted by atomic mass is 10.00. The van der Waals surface area contributed by atoms with E-state index in [4.69, 9.17) is 9.84 Å². The van der Waals surface area contributed by atoms with Crippen LogP contribution in [0, 0.1) is 5.92 Å². The van der Waals surface area contributed by atoms with E-state index in [1.165, 1.54) is 0 Å². The second kappa shape index (κ2) is 4.57. The van der Waals surface area contributed by atoms with Crippen LogP contribution in [0.5, 0.6) is 5.75 Å². The number of para-hydroxylation sites is 1. The molecule has 1 aromatic rings. The predicted octanol–water partition coefficient (Wildman–Crippen LogP) is 1.10. The minimum atomic E-state index is -0.821. The molecule has 0 radical (unpaired) electrons. The first-order valence-corrected chi connectivity index (χ1v) is 6.40. The summed E-state index contributed by atoms with van der Waals surface area (Å²) < 4.78 is 5.50. The van der Waals surface area contributed by atoms with E-state index < -0.39 is 11.9 Å². The average Bonchev–Trinajstić information content (AvgIpc) is 3.05.